The topological polar surface area (TPSA) is 87.0 Å². The van der Waals surface area contributed by atoms with Gasteiger partial charge in [0.25, 0.3) is 0 Å². The largest absolute Gasteiger partial charge is 0.478 e. The average molecular weight is 328 g/mol. The molecular weight excluding hydrogens is 311 g/mol. The Kier molecular flexibility index (Phi) is 6.08. The fourth-order valence-corrected chi connectivity index (χ4v) is 1.99. The van der Waals surface area contributed by atoms with Crippen LogP contribution in [0.4, 0.5) is 9.18 Å². The number of halogens is 1. The van der Waals surface area contributed by atoms with Crippen molar-refractivity contribution in [2.45, 2.75) is 20.0 Å². The van der Waals surface area contributed by atoms with Crippen LogP contribution in [0.15, 0.2) is 36.5 Å². The van der Waals surface area contributed by atoms with Crippen LogP contribution in [0.2, 0.25) is 0 Å². The van der Waals surface area contributed by atoms with Crippen LogP contribution in [0, 0.1) is 17.1 Å². The Morgan fingerprint density at radius 2 is 2.08 bits per heavy atom. The third-order valence-corrected chi connectivity index (χ3v) is 3.16. The molecule has 0 spiro atoms. The smallest absolute Gasteiger partial charge is 0.315 e. The van der Waals surface area contributed by atoms with Gasteiger partial charge in [0.05, 0.1) is 18.2 Å². The van der Waals surface area contributed by atoms with Crippen molar-refractivity contribution in [2.75, 3.05) is 6.61 Å². The van der Waals surface area contributed by atoms with Gasteiger partial charge in [-0.3, -0.25) is 0 Å². The number of nitriles is 1. The Labute approximate surface area is 139 Å². The first-order valence-corrected chi connectivity index (χ1v) is 7.40. The third kappa shape index (κ3) is 4.95. The fourth-order valence-electron chi connectivity index (χ4n) is 1.99. The number of ether oxygens (including phenoxy) is 1. The lowest BCUT2D eigenvalue weighted by atomic mass is 10.1. The molecule has 0 saturated carbocycles. The van der Waals surface area contributed by atoms with Gasteiger partial charge in [0.2, 0.25) is 5.88 Å². The standard InChI is InChI=1S/C17H17FN4O2/c1-2-24-16-8-13(5-6-20-16)10-21-17(23)22-11-14-7-12(9-19)3-4-15(14)18/h3-8H,2,10-11H2,1H3,(H2,21,22,23). The molecule has 124 valence electrons. The van der Waals surface area contributed by atoms with Crippen molar-refractivity contribution < 1.29 is 13.9 Å². The molecule has 2 N–H and O–H groups in total. The summed E-state index contributed by atoms with van der Waals surface area (Å²) >= 11 is 0. The summed E-state index contributed by atoms with van der Waals surface area (Å²) in [6, 6.07) is 9.00. The number of carbonyl (C=O) groups excluding carboxylic acids is 1. The van der Waals surface area contributed by atoms with E-state index in [1.807, 2.05) is 13.0 Å². The molecule has 1 heterocycles. The highest BCUT2D eigenvalue weighted by Crippen LogP contribution is 2.10. The zero-order chi connectivity index (χ0) is 17.4. The fraction of sp³-hybridized carbons (Fsp3) is 0.235. The predicted molar refractivity (Wildman–Crippen MR) is 85.6 cm³/mol. The van der Waals surface area contributed by atoms with Crippen molar-refractivity contribution in [3.05, 3.63) is 59.0 Å². The molecule has 2 rings (SSSR count). The Hall–Kier alpha value is -3.14. The number of carbonyl (C=O) groups is 1. The van der Waals surface area contributed by atoms with E-state index in [1.54, 1.807) is 18.3 Å². The van der Waals surface area contributed by atoms with E-state index in [9.17, 15) is 9.18 Å². The van der Waals surface area contributed by atoms with Gasteiger partial charge in [-0.25, -0.2) is 14.2 Å². The molecule has 0 saturated heterocycles. The maximum atomic E-state index is 13.6. The first kappa shape index (κ1) is 17.2. The van der Waals surface area contributed by atoms with Gasteiger partial charge in [0.1, 0.15) is 5.82 Å². The van der Waals surface area contributed by atoms with Gasteiger partial charge >= 0.3 is 6.03 Å². The molecule has 2 amide bonds. The number of nitrogens with zero attached hydrogens (tertiary/aromatic N) is 2. The van der Waals surface area contributed by atoms with Crippen molar-refractivity contribution in [1.82, 2.24) is 15.6 Å². The SMILES string of the molecule is CCOc1cc(CNC(=O)NCc2cc(C#N)ccc2F)ccn1. The lowest BCUT2D eigenvalue weighted by Crippen LogP contribution is -2.34. The van der Waals surface area contributed by atoms with Crippen molar-refractivity contribution in [3.63, 3.8) is 0 Å². The van der Waals surface area contributed by atoms with E-state index in [4.69, 9.17) is 10.00 Å². The first-order valence-electron chi connectivity index (χ1n) is 7.40. The highest BCUT2D eigenvalue weighted by Gasteiger charge is 2.06. The highest BCUT2D eigenvalue weighted by atomic mass is 19.1. The average Bonchev–Trinajstić information content (AvgIpc) is 2.60. The molecule has 0 radical (unpaired) electrons. The molecule has 1 aromatic heterocycles. The van der Waals surface area contributed by atoms with E-state index in [0.717, 1.165) is 5.56 Å². The van der Waals surface area contributed by atoms with Gasteiger partial charge in [-0.15, -0.1) is 0 Å². The summed E-state index contributed by atoms with van der Waals surface area (Å²) in [7, 11) is 0. The predicted octanol–water partition coefficient (Wildman–Crippen LogP) is 2.49. The Morgan fingerprint density at radius 3 is 2.83 bits per heavy atom. The van der Waals surface area contributed by atoms with E-state index in [2.05, 4.69) is 15.6 Å². The van der Waals surface area contributed by atoms with Crippen LogP contribution in [0.1, 0.15) is 23.6 Å². The Morgan fingerprint density at radius 1 is 1.29 bits per heavy atom. The maximum absolute atomic E-state index is 13.6. The summed E-state index contributed by atoms with van der Waals surface area (Å²) in [5.74, 6) is 0.0254. The minimum Gasteiger partial charge on any atom is -0.478 e. The van der Waals surface area contributed by atoms with Gasteiger partial charge in [-0.1, -0.05) is 0 Å². The summed E-state index contributed by atoms with van der Waals surface area (Å²) in [5, 5.41) is 14.0. The zero-order valence-corrected chi connectivity index (χ0v) is 13.2. The van der Waals surface area contributed by atoms with E-state index >= 15 is 0 Å². The first-order chi connectivity index (χ1) is 11.6. The number of nitrogens with one attached hydrogen (secondary N) is 2. The van der Waals surface area contributed by atoms with Crippen LogP contribution in [0.25, 0.3) is 0 Å². The number of rotatable bonds is 6. The second-order valence-corrected chi connectivity index (χ2v) is 4.89. The monoisotopic (exact) mass is 328 g/mol. The minimum absolute atomic E-state index is 0.00622. The van der Waals surface area contributed by atoms with Gasteiger partial charge in [-0.05, 0) is 36.8 Å². The number of hydrogen-bond donors (Lipinski definition) is 2. The molecule has 0 atom stereocenters. The Balaban J connectivity index is 1.86. The normalized spacial score (nSPS) is 9.88. The highest BCUT2D eigenvalue weighted by molar-refractivity contribution is 5.73. The van der Waals surface area contributed by atoms with Crippen molar-refractivity contribution >= 4 is 6.03 Å². The summed E-state index contributed by atoms with van der Waals surface area (Å²) in [5.41, 5.74) is 1.43. The van der Waals surface area contributed by atoms with Crippen LogP contribution in [-0.2, 0) is 13.1 Å². The second kappa shape index (κ2) is 8.48. The molecular formula is C17H17FN4O2. The molecule has 0 fully saturated rings. The maximum Gasteiger partial charge on any atom is 0.315 e. The van der Waals surface area contributed by atoms with Gasteiger partial charge in [-0.2, -0.15) is 5.26 Å². The number of benzene rings is 1. The van der Waals surface area contributed by atoms with Crippen molar-refractivity contribution in [2.24, 2.45) is 0 Å². The van der Waals surface area contributed by atoms with E-state index in [0.29, 0.717) is 18.1 Å². The van der Waals surface area contributed by atoms with Crippen LogP contribution in [0.5, 0.6) is 5.88 Å². The summed E-state index contributed by atoms with van der Waals surface area (Å²) in [6.45, 7) is 2.65. The van der Waals surface area contributed by atoms with Crippen LogP contribution in [-0.4, -0.2) is 17.6 Å². The van der Waals surface area contributed by atoms with Gasteiger partial charge in [0.15, 0.2) is 0 Å². The zero-order valence-electron chi connectivity index (χ0n) is 13.2. The van der Waals surface area contributed by atoms with Gasteiger partial charge in [0, 0.05) is 30.9 Å². The molecule has 1 aromatic carbocycles. The van der Waals surface area contributed by atoms with E-state index in [-0.39, 0.29) is 18.7 Å². The molecule has 0 aliphatic rings. The summed E-state index contributed by atoms with van der Waals surface area (Å²) in [4.78, 5) is 15.8. The van der Waals surface area contributed by atoms with Crippen LogP contribution >= 0.6 is 0 Å². The van der Waals surface area contributed by atoms with Gasteiger partial charge < -0.3 is 15.4 Å². The second-order valence-electron chi connectivity index (χ2n) is 4.89. The molecule has 24 heavy (non-hydrogen) atoms. The lowest BCUT2D eigenvalue weighted by molar-refractivity contribution is 0.240. The van der Waals surface area contributed by atoms with E-state index < -0.39 is 11.8 Å². The molecule has 2 aromatic rings. The molecule has 0 aliphatic heterocycles. The molecule has 0 bridgehead atoms. The molecule has 0 unspecified atom stereocenters. The van der Waals surface area contributed by atoms with Crippen LogP contribution in [0.3, 0.4) is 0 Å². The number of pyridine rings is 1. The lowest BCUT2D eigenvalue weighted by Gasteiger charge is -2.09. The third-order valence-electron chi connectivity index (χ3n) is 3.16. The number of hydrogen-bond acceptors (Lipinski definition) is 4. The van der Waals surface area contributed by atoms with Crippen molar-refractivity contribution in [1.29, 1.82) is 5.26 Å². The molecule has 6 nitrogen and oxygen atoms in total. The summed E-state index contributed by atoms with van der Waals surface area (Å²) < 4.78 is 18.9. The molecule has 7 heteroatoms. The number of aromatic nitrogens is 1. The minimum atomic E-state index is -0.468. The number of urea groups is 1. The summed E-state index contributed by atoms with van der Waals surface area (Å²) in [6.07, 6.45) is 1.60. The quantitative estimate of drug-likeness (QED) is 0.853. The van der Waals surface area contributed by atoms with Crippen LogP contribution < -0.4 is 15.4 Å². The van der Waals surface area contributed by atoms with Crippen molar-refractivity contribution in [3.8, 4) is 11.9 Å². The Bertz CT molecular complexity index is 758. The number of amides is 2. The van der Waals surface area contributed by atoms with E-state index in [1.165, 1.54) is 18.2 Å². The molecule has 0 aliphatic carbocycles.